The van der Waals surface area contributed by atoms with Crippen LogP contribution in [0.5, 0.6) is 11.5 Å². The second-order valence-corrected chi connectivity index (χ2v) is 8.86. The summed E-state index contributed by atoms with van der Waals surface area (Å²) in [5, 5.41) is 0. The zero-order valence-corrected chi connectivity index (χ0v) is 19.3. The summed E-state index contributed by atoms with van der Waals surface area (Å²) in [6, 6.07) is 25.9. The Morgan fingerprint density at radius 1 is 0.882 bits per heavy atom. The van der Waals surface area contributed by atoms with Crippen molar-refractivity contribution in [2.45, 2.75) is 19.3 Å². The summed E-state index contributed by atoms with van der Waals surface area (Å²) in [5.74, 6) is 2.20. The molecule has 1 amide bonds. The molecule has 1 fully saturated rings. The number of para-hydroxylation sites is 2. The number of amides is 1. The first-order valence-corrected chi connectivity index (χ1v) is 12.0. The van der Waals surface area contributed by atoms with Crippen LogP contribution in [-0.4, -0.2) is 37.2 Å². The normalized spacial score (nSPS) is 16.1. The Hall–Kier alpha value is -3.57. The van der Waals surface area contributed by atoms with Gasteiger partial charge >= 0.3 is 0 Å². The second-order valence-electron chi connectivity index (χ2n) is 8.86. The summed E-state index contributed by atoms with van der Waals surface area (Å²) >= 11 is 0. The average Bonchev–Trinajstić information content (AvgIpc) is 3.35. The van der Waals surface area contributed by atoms with Crippen LogP contribution in [0.25, 0.3) is 6.08 Å². The van der Waals surface area contributed by atoms with E-state index in [0.29, 0.717) is 19.1 Å². The van der Waals surface area contributed by atoms with Crippen molar-refractivity contribution in [3.05, 3.63) is 90.5 Å². The lowest BCUT2D eigenvalue weighted by molar-refractivity contribution is -0.119. The highest BCUT2D eigenvalue weighted by Gasteiger charge is 2.25. The van der Waals surface area contributed by atoms with Crippen LogP contribution < -0.4 is 14.4 Å². The Kier molecular flexibility index (Phi) is 6.91. The third-order valence-corrected chi connectivity index (χ3v) is 6.52. The number of hydrogen-bond acceptors (Lipinski definition) is 4. The zero-order chi connectivity index (χ0) is 23.2. The number of benzene rings is 3. The highest BCUT2D eigenvalue weighted by Crippen LogP contribution is 2.33. The van der Waals surface area contributed by atoms with Crippen LogP contribution in [0.4, 0.5) is 11.4 Å². The second kappa shape index (κ2) is 10.6. The number of rotatable bonds is 7. The molecule has 2 aliphatic heterocycles. The average molecular weight is 455 g/mol. The summed E-state index contributed by atoms with van der Waals surface area (Å²) in [4.78, 5) is 17.7. The maximum Gasteiger partial charge on any atom is 0.231 e. The van der Waals surface area contributed by atoms with Gasteiger partial charge in [-0.1, -0.05) is 54.6 Å². The maximum atomic E-state index is 13.4. The number of nitrogens with zero attached hydrogens (tertiary/aromatic N) is 2. The van der Waals surface area contributed by atoms with Gasteiger partial charge in [0.05, 0.1) is 0 Å². The van der Waals surface area contributed by atoms with Crippen LogP contribution in [0.1, 0.15) is 24.8 Å². The fraction of sp³-hybridized carbons (Fsp3) is 0.276. The molecule has 0 saturated carbocycles. The van der Waals surface area contributed by atoms with Gasteiger partial charge in [-0.25, -0.2) is 0 Å². The van der Waals surface area contributed by atoms with Gasteiger partial charge in [-0.15, -0.1) is 0 Å². The van der Waals surface area contributed by atoms with Gasteiger partial charge in [-0.3, -0.25) is 14.6 Å². The van der Waals surface area contributed by atoms with Crippen molar-refractivity contribution in [1.29, 1.82) is 0 Å². The molecule has 0 radical (unpaired) electrons. The van der Waals surface area contributed by atoms with Gasteiger partial charge in [0.15, 0.2) is 11.5 Å². The Morgan fingerprint density at radius 2 is 1.53 bits per heavy atom. The Bertz CT molecular complexity index is 1080. The third-order valence-electron chi connectivity index (χ3n) is 6.52. The number of likely N-dealkylation sites (tertiary alicyclic amines) is 1. The SMILES string of the molecule is O=C(CC1CCN(C/C=C/c2ccc3c(c2)OCO3)CC1)N(c1ccccc1)c1ccccc1. The van der Waals surface area contributed by atoms with E-state index in [4.69, 9.17) is 9.47 Å². The summed E-state index contributed by atoms with van der Waals surface area (Å²) < 4.78 is 10.8. The van der Waals surface area contributed by atoms with Gasteiger partial charge in [0.25, 0.3) is 0 Å². The van der Waals surface area contributed by atoms with E-state index in [1.54, 1.807) is 0 Å². The number of carbonyl (C=O) groups is 1. The monoisotopic (exact) mass is 454 g/mol. The lowest BCUT2D eigenvalue weighted by atomic mass is 9.92. The summed E-state index contributed by atoms with van der Waals surface area (Å²) in [7, 11) is 0. The van der Waals surface area contributed by atoms with Gasteiger partial charge < -0.3 is 9.47 Å². The number of carbonyl (C=O) groups excluding carboxylic acids is 1. The highest BCUT2D eigenvalue weighted by atomic mass is 16.7. The van der Waals surface area contributed by atoms with Gasteiger partial charge in [0, 0.05) is 24.3 Å². The lowest BCUT2D eigenvalue weighted by Gasteiger charge is -2.32. The van der Waals surface area contributed by atoms with Gasteiger partial charge in [0.1, 0.15) is 0 Å². The molecule has 34 heavy (non-hydrogen) atoms. The molecule has 2 heterocycles. The van der Waals surface area contributed by atoms with Crippen molar-refractivity contribution >= 4 is 23.4 Å². The molecule has 0 atom stereocenters. The highest BCUT2D eigenvalue weighted by molar-refractivity contribution is 6.00. The van der Waals surface area contributed by atoms with Gasteiger partial charge in [-0.05, 0) is 73.8 Å². The van der Waals surface area contributed by atoms with Crippen LogP contribution in [-0.2, 0) is 4.79 Å². The van der Waals surface area contributed by atoms with Crippen molar-refractivity contribution in [3.63, 3.8) is 0 Å². The topological polar surface area (TPSA) is 42.0 Å². The minimum absolute atomic E-state index is 0.165. The molecular formula is C29H30N2O3. The third kappa shape index (κ3) is 5.32. The smallest absolute Gasteiger partial charge is 0.231 e. The van der Waals surface area contributed by atoms with E-state index < -0.39 is 0 Å². The summed E-state index contributed by atoms with van der Waals surface area (Å²) in [6.45, 7) is 3.24. The molecule has 5 nitrogen and oxygen atoms in total. The minimum atomic E-state index is 0.165. The Balaban J connectivity index is 1.14. The van der Waals surface area contributed by atoms with E-state index in [9.17, 15) is 4.79 Å². The molecule has 3 aromatic rings. The minimum Gasteiger partial charge on any atom is -0.454 e. The molecular weight excluding hydrogens is 424 g/mol. The molecule has 2 aliphatic rings. The van der Waals surface area contributed by atoms with Crippen LogP contribution in [0.15, 0.2) is 84.9 Å². The van der Waals surface area contributed by atoms with E-state index in [1.165, 1.54) is 0 Å². The summed E-state index contributed by atoms with van der Waals surface area (Å²) in [5.41, 5.74) is 2.96. The van der Waals surface area contributed by atoms with E-state index in [1.807, 2.05) is 83.8 Å². The van der Waals surface area contributed by atoms with Crippen molar-refractivity contribution in [2.75, 3.05) is 31.3 Å². The Labute approximate surface area is 201 Å². The van der Waals surface area contributed by atoms with Crippen molar-refractivity contribution in [3.8, 4) is 11.5 Å². The zero-order valence-electron chi connectivity index (χ0n) is 19.3. The first-order valence-electron chi connectivity index (χ1n) is 12.0. The van der Waals surface area contributed by atoms with Crippen molar-refractivity contribution in [2.24, 2.45) is 5.92 Å². The molecule has 0 aliphatic carbocycles. The van der Waals surface area contributed by atoms with Crippen molar-refractivity contribution < 1.29 is 14.3 Å². The molecule has 0 unspecified atom stereocenters. The van der Waals surface area contributed by atoms with Crippen molar-refractivity contribution in [1.82, 2.24) is 4.90 Å². The van der Waals surface area contributed by atoms with E-state index in [0.717, 1.165) is 60.9 Å². The fourth-order valence-corrected chi connectivity index (χ4v) is 4.66. The van der Waals surface area contributed by atoms with Crippen LogP contribution in [0.3, 0.4) is 0 Å². The Morgan fingerprint density at radius 3 is 2.21 bits per heavy atom. The molecule has 3 aromatic carbocycles. The lowest BCUT2D eigenvalue weighted by Crippen LogP contribution is -2.36. The van der Waals surface area contributed by atoms with E-state index in [-0.39, 0.29) is 5.91 Å². The maximum absolute atomic E-state index is 13.4. The molecule has 0 aromatic heterocycles. The quantitative estimate of drug-likeness (QED) is 0.446. The standard InChI is InChI=1S/C29H30N2O3/c32-29(31(25-9-3-1-4-10-25)26-11-5-2-6-12-26)21-24-15-18-30(19-16-24)17-7-8-23-13-14-27-28(20-23)34-22-33-27/h1-14,20,24H,15-19,21-22H2/b8-7+. The number of ether oxygens (including phenoxy) is 2. The fourth-order valence-electron chi connectivity index (χ4n) is 4.66. The van der Waals surface area contributed by atoms with Gasteiger partial charge in [0.2, 0.25) is 12.7 Å². The van der Waals surface area contributed by atoms with Crippen LogP contribution in [0, 0.1) is 5.92 Å². The van der Waals surface area contributed by atoms with E-state index >= 15 is 0 Å². The van der Waals surface area contributed by atoms with Crippen LogP contribution in [0.2, 0.25) is 0 Å². The number of hydrogen-bond donors (Lipinski definition) is 0. The molecule has 174 valence electrons. The van der Waals surface area contributed by atoms with E-state index in [2.05, 4.69) is 17.1 Å². The number of piperidine rings is 1. The number of fused-ring (bicyclic) bond motifs is 1. The first-order chi connectivity index (χ1) is 16.8. The molecule has 0 spiro atoms. The van der Waals surface area contributed by atoms with Gasteiger partial charge in [-0.2, -0.15) is 0 Å². The molecule has 0 bridgehead atoms. The predicted octanol–water partition coefficient (Wildman–Crippen LogP) is 5.90. The number of anilines is 2. The largest absolute Gasteiger partial charge is 0.454 e. The summed E-state index contributed by atoms with van der Waals surface area (Å²) in [6.07, 6.45) is 7.00. The predicted molar refractivity (Wildman–Crippen MR) is 135 cm³/mol. The first kappa shape index (κ1) is 22.2. The van der Waals surface area contributed by atoms with Crippen LogP contribution >= 0.6 is 0 Å². The molecule has 5 rings (SSSR count). The molecule has 0 N–H and O–H groups in total. The molecule has 1 saturated heterocycles. The molecule has 5 heteroatoms.